The smallest absolute Gasteiger partial charge is 0.343 e. The third-order valence-corrected chi connectivity index (χ3v) is 4.30. The fraction of sp³-hybridized carbons (Fsp3) is 0.500. The van der Waals surface area contributed by atoms with Crippen LogP contribution in [0.5, 0.6) is 0 Å². The molecule has 1 aromatic heterocycles. The van der Waals surface area contributed by atoms with Crippen LogP contribution in [0.15, 0.2) is 0 Å². The van der Waals surface area contributed by atoms with E-state index in [1.165, 1.54) is 18.4 Å². The van der Waals surface area contributed by atoms with Gasteiger partial charge in [0.05, 0.1) is 12.8 Å². The Morgan fingerprint density at radius 3 is 2.89 bits per heavy atom. The first-order valence-corrected chi connectivity index (χ1v) is 6.55. The molecule has 0 saturated carbocycles. The van der Waals surface area contributed by atoms with Crippen LogP contribution in [0.1, 0.15) is 28.6 Å². The van der Waals surface area contributed by atoms with Gasteiger partial charge in [0, 0.05) is 13.1 Å². The number of nitriles is 1. The summed E-state index contributed by atoms with van der Waals surface area (Å²) in [6.45, 7) is 3.94. The predicted octanol–water partition coefficient (Wildman–Crippen LogP) is 1.83. The van der Waals surface area contributed by atoms with Gasteiger partial charge in [-0.05, 0) is 12.3 Å². The molecule has 0 aliphatic carbocycles. The van der Waals surface area contributed by atoms with Crippen LogP contribution >= 0.6 is 11.3 Å². The molecule has 1 aliphatic rings. The van der Waals surface area contributed by atoms with Crippen LogP contribution in [0, 0.1) is 17.2 Å². The Hall–Kier alpha value is -1.74. The summed E-state index contributed by atoms with van der Waals surface area (Å²) in [5.41, 5.74) is 6.43. The number of hydrogen-bond donors (Lipinski definition) is 1. The molecule has 0 aromatic carbocycles. The number of hydrogen-bond acceptors (Lipinski definition) is 6. The Morgan fingerprint density at radius 2 is 2.39 bits per heavy atom. The van der Waals surface area contributed by atoms with E-state index in [-0.39, 0.29) is 5.69 Å². The van der Waals surface area contributed by atoms with Crippen molar-refractivity contribution in [2.75, 3.05) is 30.8 Å². The molecule has 0 spiro atoms. The van der Waals surface area contributed by atoms with E-state index in [0.29, 0.717) is 16.4 Å². The number of carbonyl (C=O) groups is 1. The zero-order valence-electron chi connectivity index (χ0n) is 10.4. The topological polar surface area (TPSA) is 79.3 Å². The lowest BCUT2D eigenvalue weighted by atomic mass is 10.2. The van der Waals surface area contributed by atoms with Gasteiger partial charge in [-0.3, -0.25) is 0 Å². The van der Waals surface area contributed by atoms with Crippen LogP contribution in [0.2, 0.25) is 0 Å². The molecule has 0 amide bonds. The average Bonchev–Trinajstić information content (AvgIpc) is 2.92. The molecule has 1 atom stereocenters. The summed E-state index contributed by atoms with van der Waals surface area (Å²) in [5.74, 6) is 0.115. The molecule has 18 heavy (non-hydrogen) atoms. The first-order chi connectivity index (χ1) is 8.58. The van der Waals surface area contributed by atoms with Crippen molar-refractivity contribution in [1.29, 1.82) is 5.26 Å². The van der Waals surface area contributed by atoms with Gasteiger partial charge in [-0.2, -0.15) is 5.26 Å². The Balaban J connectivity index is 2.46. The standard InChI is InChI=1S/C12H15N3O2S/c1-7-3-4-15(6-7)11-9(12(16)17-2)10(14)8(5-13)18-11/h7H,3-4,6,14H2,1-2H3. The van der Waals surface area contributed by atoms with Gasteiger partial charge in [0.15, 0.2) is 0 Å². The summed E-state index contributed by atoms with van der Waals surface area (Å²) in [6.07, 6.45) is 1.08. The van der Waals surface area contributed by atoms with Gasteiger partial charge in [0.25, 0.3) is 0 Å². The maximum absolute atomic E-state index is 11.8. The summed E-state index contributed by atoms with van der Waals surface area (Å²) in [7, 11) is 1.32. The van der Waals surface area contributed by atoms with Crippen molar-refractivity contribution < 1.29 is 9.53 Å². The zero-order chi connectivity index (χ0) is 13.3. The van der Waals surface area contributed by atoms with Gasteiger partial charge >= 0.3 is 5.97 Å². The summed E-state index contributed by atoms with van der Waals surface area (Å²) in [6, 6.07) is 2.03. The highest BCUT2D eigenvalue weighted by Crippen LogP contribution is 2.40. The van der Waals surface area contributed by atoms with Crippen molar-refractivity contribution in [3.05, 3.63) is 10.4 Å². The molecule has 0 bridgehead atoms. The van der Waals surface area contributed by atoms with E-state index >= 15 is 0 Å². The van der Waals surface area contributed by atoms with E-state index in [1.807, 2.05) is 6.07 Å². The fourth-order valence-corrected chi connectivity index (χ4v) is 3.20. The van der Waals surface area contributed by atoms with Crippen molar-refractivity contribution in [3.8, 4) is 6.07 Å². The highest BCUT2D eigenvalue weighted by molar-refractivity contribution is 7.17. The van der Waals surface area contributed by atoms with Gasteiger partial charge in [0.2, 0.25) is 0 Å². The van der Waals surface area contributed by atoms with Gasteiger partial charge < -0.3 is 15.4 Å². The summed E-state index contributed by atoms with van der Waals surface area (Å²) in [5, 5.41) is 9.78. The maximum Gasteiger partial charge on any atom is 0.343 e. The summed E-state index contributed by atoms with van der Waals surface area (Å²) >= 11 is 1.27. The zero-order valence-corrected chi connectivity index (χ0v) is 11.2. The van der Waals surface area contributed by atoms with Crippen molar-refractivity contribution >= 4 is 28.0 Å². The number of thiophene rings is 1. The van der Waals surface area contributed by atoms with Crippen LogP contribution in [0.25, 0.3) is 0 Å². The summed E-state index contributed by atoms with van der Waals surface area (Å²) in [4.78, 5) is 14.3. The molecule has 0 radical (unpaired) electrons. The number of esters is 1. The molecule has 1 aromatic rings. The predicted molar refractivity (Wildman–Crippen MR) is 70.8 cm³/mol. The number of anilines is 2. The molecule has 2 heterocycles. The van der Waals surface area contributed by atoms with Gasteiger partial charge in [-0.15, -0.1) is 11.3 Å². The van der Waals surface area contributed by atoms with E-state index in [1.54, 1.807) is 0 Å². The number of nitrogen functional groups attached to an aromatic ring is 1. The second-order valence-corrected chi connectivity index (χ2v) is 5.47. The quantitative estimate of drug-likeness (QED) is 0.825. The van der Waals surface area contributed by atoms with Crippen LogP contribution in [-0.4, -0.2) is 26.2 Å². The SMILES string of the molecule is COC(=O)c1c(N2CCC(C)C2)sc(C#N)c1N. The van der Waals surface area contributed by atoms with E-state index in [0.717, 1.165) is 24.5 Å². The maximum atomic E-state index is 11.8. The Bertz CT molecular complexity index is 518. The van der Waals surface area contributed by atoms with Crippen LogP contribution in [-0.2, 0) is 4.74 Å². The summed E-state index contributed by atoms with van der Waals surface area (Å²) < 4.78 is 4.75. The second-order valence-electron chi connectivity index (χ2n) is 4.47. The molecule has 2 N–H and O–H groups in total. The minimum absolute atomic E-state index is 0.240. The van der Waals surface area contributed by atoms with E-state index in [9.17, 15) is 4.79 Å². The van der Waals surface area contributed by atoms with Crippen LogP contribution in [0.4, 0.5) is 10.7 Å². The van der Waals surface area contributed by atoms with Crippen molar-refractivity contribution in [3.63, 3.8) is 0 Å². The number of carbonyl (C=O) groups excluding carboxylic acids is 1. The lowest BCUT2D eigenvalue weighted by Crippen LogP contribution is -2.20. The van der Waals surface area contributed by atoms with Gasteiger partial charge in [-0.1, -0.05) is 6.92 Å². The lowest BCUT2D eigenvalue weighted by molar-refractivity contribution is 0.0603. The first kappa shape index (κ1) is 12.7. The third-order valence-electron chi connectivity index (χ3n) is 3.13. The largest absolute Gasteiger partial charge is 0.465 e. The molecule has 1 fully saturated rings. The van der Waals surface area contributed by atoms with Gasteiger partial charge in [0.1, 0.15) is 21.5 Å². The minimum Gasteiger partial charge on any atom is -0.465 e. The number of nitrogens with two attached hydrogens (primary N) is 1. The molecule has 1 unspecified atom stereocenters. The first-order valence-electron chi connectivity index (χ1n) is 5.74. The number of rotatable bonds is 2. The molecule has 5 nitrogen and oxygen atoms in total. The second kappa shape index (κ2) is 4.86. The van der Waals surface area contributed by atoms with Gasteiger partial charge in [-0.25, -0.2) is 4.79 Å². The lowest BCUT2D eigenvalue weighted by Gasteiger charge is -2.17. The Labute approximate surface area is 110 Å². The number of nitrogens with zero attached hydrogens (tertiary/aromatic N) is 2. The third kappa shape index (κ3) is 2.02. The molecule has 1 saturated heterocycles. The molecule has 2 rings (SSSR count). The molecule has 96 valence electrons. The fourth-order valence-electron chi connectivity index (χ4n) is 2.16. The number of ether oxygens (including phenoxy) is 1. The van der Waals surface area contributed by atoms with Crippen molar-refractivity contribution in [1.82, 2.24) is 0 Å². The molecular formula is C12H15N3O2S. The monoisotopic (exact) mass is 265 g/mol. The highest BCUT2D eigenvalue weighted by atomic mass is 32.1. The Morgan fingerprint density at radius 1 is 1.67 bits per heavy atom. The van der Waals surface area contributed by atoms with Crippen LogP contribution in [0.3, 0.4) is 0 Å². The Kier molecular flexibility index (Phi) is 3.43. The molecule has 1 aliphatic heterocycles. The minimum atomic E-state index is -0.472. The molecular weight excluding hydrogens is 250 g/mol. The normalized spacial score (nSPS) is 18.7. The number of methoxy groups -OCH3 is 1. The average molecular weight is 265 g/mol. The van der Waals surface area contributed by atoms with Crippen LogP contribution < -0.4 is 10.6 Å². The van der Waals surface area contributed by atoms with E-state index in [4.69, 9.17) is 15.7 Å². The van der Waals surface area contributed by atoms with E-state index in [2.05, 4.69) is 11.8 Å². The molecule has 6 heteroatoms. The van der Waals surface area contributed by atoms with Crippen molar-refractivity contribution in [2.24, 2.45) is 5.92 Å². The van der Waals surface area contributed by atoms with E-state index < -0.39 is 5.97 Å². The highest BCUT2D eigenvalue weighted by Gasteiger charge is 2.29. The van der Waals surface area contributed by atoms with Crippen molar-refractivity contribution in [2.45, 2.75) is 13.3 Å².